The fourth-order valence-corrected chi connectivity index (χ4v) is 3.29. The number of nitrogens with one attached hydrogen (secondary N) is 1. The Labute approximate surface area is 159 Å². The minimum atomic E-state index is -0.206. The third-order valence-corrected chi connectivity index (χ3v) is 4.91. The fraction of sp³-hybridized carbons (Fsp3) is 0.100. The first-order valence-electron chi connectivity index (χ1n) is 8.33. The summed E-state index contributed by atoms with van der Waals surface area (Å²) in [4.78, 5) is 16.5. The number of rotatable bonds is 4. The van der Waals surface area contributed by atoms with Crippen LogP contribution in [0.2, 0.25) is 0 Å². The van der Waals surface area contributed by atoms with Gasteiger partial charge in [0.05, 0.1) is 5.69 Å². The van der Waals surface area contributed by atoms with Crippen LogP contribution in [0.15, 0.2) is 58.3 Å². The van der Waals surface area contributed by atoms with Crippen molar-refractivity contribution in [3.63, 3.8) is 0 Å². The Morgan fingerprint density at radius 3 is 2.44 bits per heavy atom. The highest BCUT2D eigenvalue weighted by Crippen LogP contribution is 2.26. The van der Waals surface area contributed by atoms with Gasteiger partial charge in [-0.25, -0.2) is 4.98 Å². The zero-order valence-corrected chi connectivity index (χ0v) is 15.6. The summed E-state index contributed by atoms with van der Waals surface area (Å²) >= 11 is 1.40. The van der Waals surface area contributed by atoms with E-state index < -0.39 is 0 Å². The predicted molar refractivity (Wildman–Crippen MR) is 105 cm³/mol. The Hall–Kier alpha value is -3.32. The first-order chi connectivity index (χ1) is 13.1. The molecular weight excluding hydrogens is 360 g/mol. The molecule has 2 aromatic heterocycles. The molecule has 2 aromatic carbocycles. The zero-order chi connectivity index (χ0) is 18.8. The number of benzene rings is 2. The molecule has 1 amide bonds. The van der Waals surface area contributed by atoms with Crippen LogP contribution in [0.4, 0.5) is 5.13 Å². The smallest absolute Gasteiger partial charge is 0.257 e. The van der Waals surface area contributed by atoms with Crippen LogP contribution in [0.1, 0.15) is 21.6 Å². The van der Waals surface area contributed by atoms with Crippen molar-refractivity contribution in [1.29, 1.82) is 0 Å². The van der Waals surface area contributed by atoms with Gasteiger partial charge in [0.15, 0.2) is 5.13 Å². The molecule has 0 aliphatic rings. The Morgan fingerprint density at radius 1 is 1.00 bits per heavy atom. The number of amides is 1. The molecule has 0 fully saturated rings. The lowest BCUT2D eigenvalue weighted by atomic mass is 10.1. The van der Waals surface area contributed by atoms with Crippen LogP contribution in [-0.2, 0) is 0 Å². The maximum Gasteiger partial charge on any atom is 0.257 e. The normalized spacial score (nSPS) is 10.7. The fourth-order valence-electron chi connectivity index (χ4n) is 2.61. The Balaban J connectivity index is 1.52. The monoisotopic (exact) mass is 376 g/mol. The van der Waals surface area contributed by atoms with Crippen molar-refractivity contribution in [2.24, 2.45) is 0 Å². The lowest BCUT2D eigenvalue weighted by Gasteiger charge is -2.02. The van der Waals surface area contributed by atoms with Crippen LogP contribution >= 0.6 is 11.3 Å². The van der Waals surface area contributed by atoms with E-state index in [1.165, 1.54) is 11.3 Å². The van der Waals surface area contributed by atoms with Gasteiger partial charge in [0.2, 0.25) is 11.8 Å². The minimum Gasteiger partial charge on any atom is -0.416 e. The molecule has 7 heteroatoms. The average molecular weight is 376 g/mol. The Kier molecular flexibility index (Phi) is 4.52. The van der Waals surface area contributed by atoms with Crippen molar-refractivity contribution in [3.8, 4) is 22.9 Å². The number of nitrogens with zero attached hydrogens (tertiary/aromatic N) is 3. The molecule has 0 spiro atoms. The number of carbonyl (C=O) groups excluding carboxylic acids is 1. The standard InChI is InChI=1S/C20H16N4O2S/c1-12-5-3-4-6-16(12)19-24-23-18(26-19)15-9-7-14(8-10-15)17(25)22-20-21-13(2)11-27-20/h3-11H,1-2H3,(H,21,22,25). The molecule has 134 valence electrons. The van der Waals surface area contributed by atoms with Gasteiger partial charge in [-0.1, -0.05) is 18.2 Å². The maximum atomic E-state index is 12.3. The average Bonchev–Trinajstić information content (AvgIpc) is 3.31. The topological polar surface area (TPSA) is 80.9 Å². The molecule has 4 rings (SSSR count). The molecule has 0 aliphatic heterocycles. The molecule has 0 atom stereocenters. The molecule has 0 unspecified atom stereocenters. The van der Waals surface area contributed by atoms with E-state index in [-0.39, 0.29) is 5.91 Å². The molecular formula is C20H16N4O2S. The van der Waals surface area contributed by atoms with Crippen LogP contribution in [0.25, 0.3) is 22.9 Å². The number of carbonyl (C=O) groups is 1. The maximum absolute atomic E-state index is 12.3. The van der Waals surface area contributed by atoms with E-state index in [1.54, 1.807) is 24.3 Å². The number of thiazole rings is 1. The van der Waals surface area contributed by atoms with Crippen molar-refractivity contribution in [2.75, 3.05) is 5.32 Å². The van der Waals surface area contributed by atoms with Gasteiger partial charge in [-0.3, -0.25) is 10.1 Å². The number of aromatic nitrogens is 3. The molecule has 0 aliphatic carbocycles. The number of aryl methyl sites for hydroxylation is 2. The van der Waals surface area contributed by atoms with Gasteiger partial charge in [-0.05, 0) is 49.7 Å². The first-order valence-corrected chi connectivity index (χ1v) is 9.21. The lowest BCUT2D eigenvalue weighted by molar-refractivity contribution is 0.102. The second-order valence-electron chi connectivity index (χ2n) is 6.05. The number of hydrogen-bond acceptors (Lipinski definition) is 6. The third-order valence-electron chi connectivity index (χ3n) is 4.03. The van der Waals surface area contributed by atoms with E-state index in [4.69, 9.17) is 4.42 Å². The summed E-state index contributed by atoms with van der Waals surface area (Å²) in [6.07, 6.45) is 0. The quantitative estimate of drug-likeness (QED) is 0.557. The Bertz CT molecular complexity index is 1100. The van der Waals surface area contributed by atoms with Crippen LogP contribution < -0.4 is 5.32 Å². The third kappa shape index (κ3) is 3.63. The Morgan fingerprint density at radius 2 is 1.74 bits per heavy atom. The molecule has 0 radical (unpaired) electrons. The predicted octanol–water partition coefficient (Wildman–Crippen LogP) is 4.73. The van der Waals surface area contributed by atoms with Gasteiger partial charge in [-0.15, -0.1) is 21.5 Å². The van der Waals surface area contributed by atoms with E-state index in [9.17, 15) is 4.79 Å². The number of anilines is 1. The van der Waals surface area contributed by atoms with Crippen molar-refractivity contribution in [1.82, 2.24) is 15.2 Å². The van der Waals surface area contributed by atoms with E-state index in [1.807, 2.05) is 43.5 Å². The van der Waals surface area contributed by atoms with Gasteiger partial charge in [-0.2, -0.15) is 0 Å². The summed E-state index contributed by atoms with van der Waals surface area (Å²) in [7, 11) is 0. The SMILES string of the molecule is Cc1csc(NC(=O)c2ccc(-c3nnc(-c4ccccc4C)o3)cc2)n1. The summed E-state index contributed by atoms with van der Waals surface area (Å²) in [5, 5.41) is 13.5. The summed E-state index contributed by atoms with van der Waals surface area (Å²) in [5.74, 6) is 0.682. The molecule has 27 heavy (non-hydrogen) atoms. The second-order valence-corrected chi connectivity index (χ2v) is 6.91. The highest BCUT2D eigenvalue weighted by molar-refractivity contribution is 7.13. The van der Waals surface area contributed by atoms with Crippen molar-refractivity contribution in [2.45, 2.75) is 13.8 Å². The van der Waals surface area contributed by atoms with Crippen LogP contribution in [0, 0.1) is 13.8 Å². The van der Waals surface area contributed by atoms with Gasteiger partial charge in [0, 0.05) is 22.1 Å². The largest absolute Gasteiger partial charge is 0.416 e. The van der Waals surface area contributed by atoms with Crippen molar-refractivity contribution < 1.29 is 9.21 Å². The summed E-state index contributed by atoms with van der Waals surface area (Å²) in [6.45, 7) is 3.88. The lowest BCUT2D eigenvalue weighted by Crippen LogP contribution is -2.11. The second kappa shape index (κ2) is 7.13. The molecule has 0 saturated carbocycles. The van der Waals surface area contributed by atoms with Crippen molar-refractivity contribution in [3.05, 3.63) is 70.7 Å². The van der Waals surface area contributed by atoms with E-state index in [0.29, 0.717) is 22.5 Å². The number of hydrogen-bond donors (Lipinski definition) is 1. The van der Waals surface area contributed by atoms with E-state index in [2.05, 4.69) is 20.5 Å². The first kappa shape index (κ1) is 17.1. The molecule has 4 aromatic rings. The van der Waals surface area contributed by atoms with Gasteiger partial charge < -0.3 is 4.42 Å². The highest BCUT2D eigenvalue weighted by atomic mass is 32.1. The molecule has 1 N–H and O–H groups in total. The molecule has 6 nitrogen and oxygen atoms in total. The van der Waals surface area contributed by atoms with Gasteiger partial charge >= 0.3 is 0 Å². The molecule has 2 heterocycles. The summed E-state index contributed by atoms with van der Waals surface area (Å²) in [5.41, 5.74) is 4.14. The van der Waals surface area contributed by atoms with Crippen LogP contribution in [0.5, 0.6) is 0 Å². The van der Waals surface area contributed by atoms with Gasteiger partial charge in [0.25, 0.3) is 5.91 Å². The van der Waals surface area contributed by atoms with Crippen molar-refractivity contribution >= 4 is 22.4 Å². The molecule has 0 bridgehead atoms. The summed E-state index contributed by atoms with van der Waals surface area (Å²) < 4.78 is 5.80. The zero-order valence-electron chi connectivity index (χ0n) is 14.8. The van der Waals surface area contributed by atoms with Crippen LogP contribution in [-0.4, -0.2) is 21.1 Å². The van der Waals surface area contributed by atoms with E-state index in [0.717, 1.165) is 22.4 Å². The minimum absolute atomic E-state index is 0.206. The summed E-state index contributed by atoms with van der Waals surface area (Å²) in [6, 6.07) is 14.9. The van der Waals surface area contributed by atoms with Crippen LogP contribution in [0.3, 0.4) is 0 Å². The molecule has 0 saturated heterocycles. The van der Waals surface area contributed by atoms with E-state index >= 15 is 0 Å². The highest BCUT2D eigenvalue weighted by Gasteiger charge is 2.13. The van der Waals surface area contributed by atoms with Gasteiger partial charge in [0.1, 0.15) is 0 Å².